The average Bonchev–Trinajstić information content (AvgIpc) is 3.48. The summed E-state index contributed by atoms with van der Waals surface area (Å²) in [6.45, 7) is -0.116. The van der Waals surface area contributed by atoms with E-state index in [4.69, 9.17) is 0 Å². The minimum Gasteiger partial charge on any atom is -0.347 e. The SMILES string of the molecule is O=C(Cn1cnc2cc(F)ccc2c1=O)NC(c1ccccc1)C1CC1. The molecule has 4 rings (SSSR count). The second-order valence-corrected chi connectivity index (χ2v) is 6.63. The van der Waals surface area contributed by atoms with E-state index in [0.29, 0.717) is 11.3 Å². The molecule has 1 saturated carbocycles. The van der Waals surface area contributed by atoms with Crippen LogP contribution in [-0.4, -0.2) is 15.5 Å². The van der Waals surface area contributed by atoms with Crippen LogP contribution in [-0.2, 0) is 11.3 Å². The van der Waals surface area contributed by atoms with Crippen LogP contribution < -0.4 is 10.9 Å². The summed E-state index contributed by atoms with van der Waals surface area (Å²) in [4.78, 5) is 29.1. The molecule has 1 aromatic heterocycles. The molecule has 1 unspecified atom stereocenters. The second kappa shape index (κ2) is 6.71. The second-order valence-electron chi connectivity index (χ2n) is 6.63. The highest BCUT2D eigenvalue weighted by molar-refractivity contribution is 5.79. The topological polar surface area (TPSA) is 64.0 Å². The molecule has 1 aliphatic rings. The average molecular weight is 351 g/mol. The smallest absolute Gasteiger partial charge is 0.261 e. The van der Waals surface area contributed by atoms with Crippen LogP contribution in [0.15, 0.2) is 59.7 Å². The first-order valence-electron chi connectivity index (χ1n) is 8.61. The van der Waals surface area contributed by atoms with Gasteiger partial charge in [0.05, 0.1) is 23.3 Å². The van der Waals surface area contributed by atoms with Crippen LogP contribution >= 0.6 is 0 Å². The van der Waals surface area contributed by atoms with Gasteiger partial charge in [0, 0.05) is 6.07 Å². The van der Waals surface area contributed by atoms with Gasteiger partial charge in [0.25, 0.3) is 5.56 Å². The number of hydrogen-bond acceptors (Lipinski definition) is 3. The third kappa shape index (κ3) is 3.35. The molecule has 0 aliphatic heterocycles. The molecular formula is C20H18FN3O2. The van der Waals surface area contributed by atoms with Crippen molar-refractivity contribution >= 4 is 16.8 Å². The lowest BCUT2D eigenvalue weighted by Gasteiger charge is -2.19. The zero-order valence-corrected chi connectivity index (χ0v) is 14.1. The van der Waals surface area contributed by atoms with E-state index in [1.165, 1.54) is 29.1 Å². The molecule has 26 heavy (non-hydrogen) atoms. The van der Waals surface area contributed by atoms with Gasteiger partial charge in [0.1, 0.15) is 12.4 Å². The Balaban J connectivity index is 1.54. The molecule has 132 valence electrons. The Morgan fingerprint density at radius 1 is 1.23 bits per heavy atom. The first-order valence-corrected chi connectivity index (χ1v) is 8.61. The molecule has 0 radical (unpaired) electrons. The lowest BCUT2D eigenvalue weighted by molar-refractivity contribution is -0.122. The Morgan fingerprint density at radius 3 is 2.73 bits per heavy atom. The molecule has 0 saturated heterocycles. The summed E-state index contributed by atoms with van der Waals surface area (Å²) in [5.41, 5.74) is 1.00. The van der Waals surface area contributed by atoms with Crippen LogP contribution in [0.25, 0.3) is 10.9 Å². The maximum absolute atomic E-state index is 13.3. The monoisotopic (exact) mass is 351 g/mol. The number of hydrogen-bond donors (Lipinski definition) is 1. The molecule has 0 spiro atoms. The van der Waals surface area contributed by atoms with Crippen molar-refractivity contribution in [3.05, 3.63) is 76.6 Å². The van der Waals surface area contributed by atoms with E-state index in [1.807, 2.05) is 30.3 Å². The molecular weight excluding hydrogens is 333 g/mol. The Hall–Kier alpha value is -3.02. The minimum absolute atomic E-state index is 0.0399. The number of amides is 1. The Labute approximate surface area is 149 Å². The van der Waals surface area contributed by atoms with Gasteiger partial charge in [0.15, 0.2) is 0 Å². The molecule has 1 atom stereocenters. The van der Waals surface area contributed by atoms with Gasteiger partial charge in [-0.3, -0.25) is 14.2 Å². The molecule has 1 amide bonds. The van der Waals surface area contributed by atoms with Gasteiger partial charge in [-0.2, -0.15) is 0 Å². The predicted octanol–water partition coefficient (Wildman–Crippen LogP) is 2.80. The Bertz CT molecular complexity index is 1010. The Kier molecular flexibility index (Phi) is 4.24. The van der Waals surface area contributed by atoms with Crippen molar-refractivity contribution in [3.8, 4) is 0 Å². The lowest BCUT2D eigenvalue weighted by Crippen LogP contribution is -2.35. The van der Waals surface area contributed by atoms with Gasteiger partial charge in [-0.15, -0.1) is 0 Å². The van der Waals surface area contributed by atoms with E-state index in [1.54, 1.807) is 0 Å². The van der Waals surface area contributed by atoms with Crippen molar-refractivity contribution in [1.82, 2.24) is 14.9 Å². The lowest BCUT2D eigenvalue weighted by atomic mass is 10.0. The quantitative estimate of drug-likeness (QED) is 0.769. The number of halogens is 1. The Morgan fingerprint density at radius 2 is 2.00 bits per heavy atom. The summed E-state index contributed by atoms with van der Waals surface area (Å²) in [6, 6.07) is 13.6. The molecule has 2 aromatic carbocycles. The number of benzene rings is 2. The standard InChI is InChI=1S/C20H18FN3O2/c21-15-8-9-16-17(10-15)22-12-24(20(16)26)11-18(25)23-19(14-6-7-14)13-4-2-1-3-5-13/h1-5,8-10,12,14,19H,6-7,11H2,(H,23,25). The van der Waals surface area contributed by atoms with Gasteiger partial charge < -0.3 is 5.32 Å². The fourth-order valence-electron chi connectivity index (χ4n) is 3.18. The summed E-state index contributed by atoms with van der Waals surface area (Å²) in [5, 5.41) is 3.34. The van der Waals surface area contributed by atoms with Crippen molar-refractivity contribution in [2.45, 2.75) is 25.4 Å². The third-order valence-corrected chi connectivity index (χ3v) is 4.67. The largest absolute Gasteiger partial charge is 0.347 e. The van der Waals surface area contributed by atoms with E-state index >= 15 is 0 Å². The number of fused-ring (bicyclic) bond motifs is 1. The number of aromatic nitrogens is 2. The minimum atomic E-state index is -0.449. The molecule has 1 heterocycles. The molecule has 1 fully saturated rings. The first-order chi connectivity index (χ1) is 12.6. The maximum atomic E-state index is 13.3. The highest BCUT2D eigenvalue weighted by Crippen LogP contribution is 2.40. The first kappa shape index (κ1) is 16.4. The molecule has 6 heteroatoms. The van der Waals surface area contributed by atoms with E-state index in [0.717, 1.165) is 18.4 Å². The number of nitrogens with one attached hydrogen (secondary N) is 1. The molecule has 3 aromatic rings. The third-order valence-electron chi connectivity index (χ3n) is 4.67. The fraction of sp³-hybridized carbons (Fsp3) is 0.250. The van der Waals surface area contributed by atoms with Gasteiger partial charge in [-0.25, -0.2) is 9.37 Å². The van der Waals surface area contributed by atoms with Crippen LogP contribution in [0.1, 0.15) is 24.4 Å². The van der Waals surface area contributed by atoms with Crippen LogP contribution in [0.3, 0.4) is 0 Å². The van der Waals surface area contributed by atoms with E-state index in [2.05, 4.69) is 10.3 Å². The van der Waals surface area contributed by atoms with E-state index in [9.17, 15) is 14.0 Å². The number of carbonyl (C=O) groups excluding carboxylic acids is 1. The zero-order valence-electron chi connectivity index (χ0n) is 14.1. The van der Waals surface area contributed by atoms with Gasteiger partial charge >= 0.3 is 0 Å². The van der Waals surface area contributed by atoms with Crippen molar-refractivity contribution < 1.29 is 9.18 Å². The number of carbonyl (C=O) groups is 1. The predicted molar refractivity (Wildman–Crippen MR) is 96.0 cm³/mol. The fourth-order valence-corrected chi connectivity index (χ4v) is 3.18. The van der Waals surface area contributed by atoms with Crippen LogP contribution in [0.2, 0.25) is 0 Å². The maximum Gasteiger partial charge on any atom is 0.261 e. The molecule has 5 nitrogen and oxygen atoms in total. The van der Waals surface area contributed by atoms with Crippen LogP contribution in [0.5, 0.6) is 0 Å². The van der Waals surface area contributed by atoms with Gasteiger partial charge in [-0.1, -0.05) is 30.3 Å². The summed E-state index contributed by atoms with van der Waals surface area (Å²) >= 11 is 0. The molecule has 1 N–H and O–H groups in total. The van der Waals surface area contributed by atoms with Gasteiger partial charge in [-0.05, 0) is 36.5 Å². The van der Waals surface area contributed by atoms with Crippen molar-refractivity contribution in [1.29, 1.82) is 0 Å². The summed E-state index contributed by atoms with van der Waals surface area (Å²) in [7, 11) is 0. The summed E-state index contributed by atoms with van der Waals surface area (Å²) in [5.74, 6) is -0.248. The van der Waals surface area contributed by atoms with Crippen molar-refractivity contribution in [3.63, 3.8) is 0 Å². The number of rotatable bonds is 5. The van der Waals surface area contributed by atoms with E-state index in [-0.39, 0.29) is 29.6 Å². The molecule has 1 aliphatic carbocycles. The highest BCUT2D eigenvalue weighted by atomic mass is 19.1. The highest BCUT2D eigenvalue weighted by Gasteiger charge is 2.33. The van der Waals surface area contributed by atoms with Crippen LogP contribution in [0.4, 0.5) is 4.39 Å². The molecule has 0 bridgehead atoms. The van der Waals surface area contributed by atoms with E-state index < -0.39 is 5.82 Å². The normalized spacial score (nSPS) is 15.0. The van der Waals surface area contributed by atoms with Gasteiger partial charge in [0.2, 0.25) is 5.91 Å². The van der Waals surface area contributed by atoms with Crippen molar-refractivity contribution in [2.75, 3.05) is 0 Å². The zero-order chi connectivity index (χ0) is 18.1. The summed E-state index contributed by atoms with van der Waals surface area (Å²) in [6.07, 6.45) is 3.46. The summed E-state index contributed by atoms with van der Waals surface area (Å²) < 4.78 is 14.5. The number of nitrogens with zero attached hydrogens (tertiary/aromatic N) is 2. The van der Waals surface area contributed by atoms with Crippen molar-refractivity contribution in [2.24, 2.45) is 5.92 Å². The van der Waals surface area contributed by atoms with Crippen LogP contribution in [0, 0.1) is 11.7 Å².